The first-order chi connectivity index (χ1) is 9.25. The van der Waals surface area contributed by atoms with Gasteiger partial charge in [-0.1, -0.05) is 0 Å². The average molecular weight is 266 g/mol. The highest BCUT2D eigenvalue weighted by atomic mass is 16.4. The van der Waals surface area contributed by atoms with Gasteiger partial charge in [-0.05, 0) is 70.0 Å². The molecule has 19 heavy (non-hydrogen) atoms. The van der Waals surface area contributed by atoms with Crippen LogP contribution < -0.4 is 5.32 Å². The van der Waals surface area contributed by atoms with Gasteiger partial charge in [-0.3, -0.25) is 9.69 Å². The Morgan fingerprint density at radius 2 is 2.05 bits per heavy atom. The molecule has 3 saturated heterocycles. The van der Waals surface area contributed by atoms with Gasteiger partial charge in [-0.2, -0.15) is 0 Å². The van der Waals surface area contributed by atoms with Gasteiger partial charge in [-0.15, -0.1) is 0 Å². The molecule has 2 N–H and O–H groups in total. The lowest BCUT2D eigenvalue weighted by molar-refractivity contribution is -0.137. The van der Waals surface area contributed by atoms with E-state index in [0.717, 1.165) is 37.3 Å². The second-order valence-electron chi connectivity index (χ2n) is 6.54. The molecule has 0 radical (unpaired) electrons. The molecule has 0 bridgehead atoms. The van der Waals surface area contributed by atoms with Crippen LogP contribution in [0.2, 0.25) is 0 Å². The van der Waals surface area contributed by atoms with E-state index in [0.29, 0.717) is 12.5 Å². The summed E-state index contributed by atoms with van der Waals surface area (Å²) >= 11 is 0. The van der Waals surface area contributed by atoms with Crippen LogP contribution in [-0.2, 0) is 4.79 Å². The van der Waals surface area contributed by atoms with E-state index in [1.165, 1.54) is 38.8 Å². The molecule has 0 aromatic carbocycles. The van der Waals surface area contributed by atoms with E-state index in [2.05, 4.69) is 10.2 Å². The number of nitrogens with one attached hydrogen (secondary N) is 1. The van der Waals surface area contributed by atoms with Crippen molar-refractivity contribution in [3.05, 3.63) is 0 Å². The van der Waals surface area contributed by atoms with E-state index < -0.39 is 5.97 Å². The largest absolute Gasteiger partial charge is 0.481 e. The molecular formula is C15H26N2O2. The standard InChI is InChI=1S/C15H26N2O2/c18-14(19)7-1-6-13-12-5-3-9-17-8-2-4-11(10-16-13)15(12)17/h11-13,15-16H,1-10H2,(H,18,19)/t11-,12+,13-,15-/m1/s1. The first-order valence-corrected chi connectivity index (χ1v) is 7.95. The molecule has 4 nitrogen and oxygen atoms in total. The van der Waals surface area contributed by atoms with Crippen molar-refractivity contribution >= 4 is 5.97 Å². The molecule has 3 heterocycles. The van der Waals surface area contributed by atoms with Crippen molar-refractivity contribution in [3.63, 3.8) is 0 Å². The second-order valence-corrected chi connectivity index (χ2v) is 6.54. The van der Waals surface area contributed by atoms with Gasteiger partial charge in [0.25, 0.3) is 0 Å². The normalized spacial score (nSPS) is 38.7. The highest BCUT2D eigenvalue weighted by Crippen LogP contribution is 2.39. The van der Waals surface area contributed by atoms with Crippen LogP contribution in [-0.4, -0.2) is 47.7 Å². The summed E-state index contributed by atoms with van der Waals surface area (Å²) in [6, 6.07) is 1.35. The Morgan fingerprint density at radius 1 is 1.26 bits per heavy atom. The van der Waals surface area contributed by atoms with Crippen LogP contribution in [0.5, 0.6) is 0 Å². The third-order valence-corrected chi connectivity index (χ3v) is 5.41. The fraction of sp³-hybridized carbons (Fsp3) is 0.933. The molecule has 0 amide bonds. The van der Waals surface area contributed by atoms with Crippen LogP contribution in [0.25, 0.3) is 0 Å². The maximum atomic E-state index is 10.7. The van der Waals surface area contributed by atoms with Crippen molar-refractivity contribution in [2.24, 2.45) is 11.8 Å². The molecule has 0 aromatic heterocycles. The fourth-order valence-corrected chi connectivity index (χ4v) is 4.66. The number of carboxylic acid groups (broad SMARTS) is 1. The number of rotatable bonds is 4. The third kappa shape index (κ3) is 2.79. The van der Waals surface area contributed by atoms with Crippen molar-refractivity contribution in [1.82, 2.24) is 10.2 Å². The molecule has 3 aliphatic rings. The van der Waals surface area contributed by atoms with Crippen LogP contribution in [0.1, 0.15) is 44.9 Å². The van der Waals surface area contributed by atoms with E-state index in [1.54, 1.807) is 0 Å². The Balaban J connectivity index is 1.62. The van der Waals surface area contributed by atoms with Crippen molar-refractivity contribution in [2.45, 2.75) is 57.0 Å². The predicted molar refractivity (Wildman–Crippen MR) is 74.1 cm³/mol. The van der Waals surface area contributed by atoms with Crippen molar-refractivity contribution in [1.29, 1.82) is 0 Å². The second kappa shape index (κ2) is 5.80. The summed E-state index contributed by atoms with van der Waals surface area (Å²) in [7, 11) is 0. The molecule has 0 spiro atoms. The molecular weight excluding hydrogens is 240 g/mol. The predicted octanol–water partition coefficient (Wildman–Crippen LogP) is 1.70. The number of hydrogen-bond donors (Lipinski definition) is 2. The van der Waals surface area contributed by atoms with Crippen LogP contribution in [0.3, 0.4) is 0 Å². The summed E-state index contributed by atoms with van der Waals surface area (Å²) in [6.07, 6.45) is 7.58. The monoisotopic (exact) mass is 266 g/mol. The van der Waals surface area contributed by atoms with Crippen LogP contribution >= 0.6 is 0 Å². The highest BCUT2D eigenvalue weighted by molar-refractivity contribution is 5.66. The molecule has 0 unspecified atom stereocenters. The van der Waals surface area contributed by atoms with Gasteiger partial charge in [0.2, 0.25) is 0 Å². The molecule has 4 atom stereocenters. The van der Waals surface area contributed by atoms with Crippen LogP contribution in [0.15, 0.2) is 0 Å². The minimum absolute atomic E-state index is 0.322. The Hall–Kier alpha value is -0.610. The maximum absolute atomic E-state index is 10.7. The molecule has 4 heteroatoms. The van der Waals surface area contributed by atoms with Crippen LogP contribution in [0.4, 0.5) is 0 Å². The zero-order chi connectivity index (χ0) is 13.2. The molecule has 108 valence electrons. The van der Waals surface area contributed by atoms with Gasteiger partial charge >= 0.3 is 5.97 Å². The average Bonchev–Trinajstić information content (AvgIpc) is 2.41. The van der Waals surface area contributed by atoms with E-state index in [-0.39, 0.29) is 0 Å². The van der Waals surface area contributed by atoms with Crippen molar-refractivity contribution < 1.29 is 9.90 Å². The molecule has 0 aromatic rings. The van der Waals surface area contributed by atoms with Gasteiger partial charge in [0.15, 0.2) is 0 Å². The lowest BCUT2D eigenvalue weighted by atomic mass is 9.70. The SMILES string of the molecule is O=C(O)CCC[C@H]1NC[C@H]2CCCN3CCC[C@@H]1[C@@H]23. The molecule has 3 rings (SSSR count). The quantitative estimate of drug-likeness (QED) is 0.813. The number of hydrogen-bond acceptors (Lipinski definition) is 3. The molecule has 3 aliphatic heterocycles. The third-order valence-electron chi connectivity index (χ3n) is 5.41. The Bertz CT molecular complexity index is 325. The first-order valence-electron chi connectivity index (χ1n) is 7.95. The minimum Gasteiger partial charge on any atom is -0.481 e. The zero-order valence-corrected chi connectivity index (χ0v) is 11.7. The van der Waals surface area contributed by atoms with Gasteiger partial charge in [-0.25, -0.2) is 0 Å². The van der Waals surface area contributed by atoms with E-state index in [1.807, 2.05) is 0 Å². The number of nitrogens with zero attached hydrogens (tertiary/aromatic N) is 1. The van der Waals surface area contributed by atoms with Crippen LogP contribution in [0, 0.1) is 11.8 Å². The fourth-order valence-electron chi connectivity index (χ4n) is 4.66. The summed E-state index contributed by atoms with van der Waals surface area (Å²) in [5.74, 6) is 0.952. The lowest BCUT2D eigenvalue weighted by Gasteiger charge is -2.54. The first kappa shape index (κ1) is 13.4. The number of aliphatic carboxylic acids is 1. The molecule has 0 saturated carbocycles. The lowest BCUT2D eigenvalue weighted by Crippen LogP contribution is -2.63. The Labute approximate surface area is 115 Å². The molecule has 3 fully saturated rings. The highest BCUT2D eigenvalue weighted by Gasteiger charge is 2.45. The van der Waals surface area contributed by atoms with Gasteiger partial charge in [0.05, 0.1) is 0 Å². The summed E-state index contributed by atoms with van der Waals surface area (Å²) in [4.78, 5) is 13.4. The zero-order valence-electron chi connectivity index (χ0n) is 11.7. The summed E-state index contributed by atoms with van der Waals surface area (Å²) in [5.41, 5.74) is 0. The summed E-state index contributed by atoms with van der Waals surface area (Å²) in [5, 5.41) is 12.5. The smallest absolute Gasteiger partial charge is 0.303 e. The van der Waals surface area contributed by atoms with E-state index in [4.69, 9.17) is 5.11 Å². The summed E-state index contributed by atoms with van der Waals surface area (Å²) < 4.78 is 0. The van der Waals surface area contributed by atoms with E-state index in [9.17, 15) is 4.79 Å². The number of carboxylic acids is 1. The van der Waals surface area contributed by atoms with Crippen molar-refractivity contribution in [2.75, 3.05) is 19.6 Å². The van der Waals surface area contributed by atoms with E-state index >= 15 is 0 Å². The number of carbonyl (C=O) groups is 1. The number of piperidine rings is 3. The molecule has 0 aliphatic carbocycles. The Kier molecular flexibility index (Phi) is 4.08. The summed E-state index contributed by atoms with van der Waals surface area (Å²) in [6.45, 7) is 3.73. The minimum atomic E-state index is -0.656. The Morgan fingerprint density at radius 3 is 2.84 bits per heavy atom. The van der Waals surface area contributed by atoms with Gasteiger partial charge in [0.1, 0.15) is 0 Å². The maximum Gasteiger partial charge on any atom is 0.303 e. The van der Waals surface area contributed by atoms with Crippen molar-refractivity contribution in [3.8, 4) is 0 Å². The van der Waals surface area contributed by atoms with Gasteiger partial charge in [0, 0.05) is 18.5 Å². The topological polar surface area (TPSA) is 52.6 Å². The van der Waals surface area contributed by atoms with Gasteiger partial charge < -0.3 is 10.4 Å².